The summed E-state index contributed by atoms with van der Waals surface area (Å²) in [7, 11) is 1.93. The smallest absolute Gasteiger partial charge is 0.0946 e. The minimum absolute atomic E-state index is 0.0619. The van der Waals surface area contributed by atoms with Crippen molar-refractivity contribution in [3.63, 3.8) is 0 Å². The molecule has 1 heterocycles. The van der Waals surface area contributed by atoms with Crippen molar-refractivity contribution in [2.75, 3.05) is 6.61 Å². The van der Waals surface area contributed by atoms with Crippen LogP contribution in [0.25, 0.3) is 0 Å². The lowest BCUT2D eigenvalue weighted by Crippen LogP contribution is -2.25. The molecule has 0 aliphatic carbocycles. The second-order valence-corrected chi connectivity index (χ2v) is 4.03. The number of rotatable bonds is 5. The van der Waals surface area contributed by atoms with Crippen LogP contribution in [-0.2, 0) is 13.6 Å². The Hall–Kier alpha value is -1.65. The first-order valence-electron chi connectivity index (χ1n) is 5.65. The van der Waals surface area contributed by atoms with Gasteiger partial charge >= 0.3 is 0 Å². The van der Waals surface area contributed by atoms with E-state index in [2.05, 4.69) is 22.4 Å². The summed E-state index contributed by atoms with van der Waals surface area (Å²) in [4.78, 5) is 4.06. The summed E-state index contributed by atoms with van der Waals surface area (Å²) < 4.78 is 1.92. The minimum Gasteiger partial charge on any atom is -0.394 e. The van der Waals surface area contributed by atoms with Crippen LogP contribution in [0.3, 0.4) is 0 Å². The topological polar surface area (TPSA) is 50.1 Å². The Kier molecular flexibility index (Phi) is 3.90. The highest BCUT2D eigenvalue weighted by molar-refractivity contribution is 5.15. The molecule has 0 bridgehead atoms. The van der Waals surface area contributed by atoms with Crippen LogP contribution in [0.2, 0.25) is 0 Å². The van der Waals surface area contributed by atoms with Crippen LogP contribution in [0.5, 0.6) is 0 Å². The molecule has 90 valence electrons. The molecule has 2 N–H and O–H groups in total. The molecule has 0 aliphatic rings. The van der Waals surface area contributed by atoms with Gasteiger partial charge in [-0.3, -0.25) is 0 Å². The third kappa shape index (κ3) is 2.93. The molecule has 0 fully saturated rings. The summed E-state index contributed by atoms with van der Waals surface area (Å²) in [6, 6.07) is 10.1. The summed E-state index contributed by atoms with van der Waals surface area (Å²) in [6.07, 6.45) is 3.51. The van der Waals surface area contributed by atoms with Crippen LogP contribution in [0, 0.1) is 0 Å². The number of hydrogen-bond acceptors (Lipinski definition) is 3. The van der Waals surface area contributed by atoms with Gasteiger partial charge in [0.2, 0.25) is 0 Å². The summed E-state index contributed by atoms with van der Waals surface area (Å²) in [5.74, 6) is 0. The Morgan fingerprint density at radius 2 is 2.12 bits per heavy atom. The number of benzene rings is 1. The molecule has 1 aromatic heterocycles. The zero-order valence-corrected chi connectivity index (χ0v) is 9.87. The molecule has 0 aliphatic heterocycles. The molecule has 0 amide bonds. The maximum absolute atomic E-state index is 9.40. The normalized spacial score (nSPS) is 12.6. The van der Waals surface area contributed by atoms with Gasteiger partial charge in [0.05, 0.1) is 24.7 Å². The van der Waals surface area contributed by atoms with Gasteiger partial charge in [-0.2, -0.15) is 0 Å². The molecule has 4 nitrogen and oxygen atoms in total. The molecular formula is C13H17N3O. The number of hydrogen-bond donors (Lipinski definition) is 2. The van der Waals surface area contributed by atoms with E-state index in [1.165, 1.54) is 5.56 Å². The van der Waals surface area contributed by atoms with E-state index in [-0.39, 0.29) is 12.6 Å². The van der Waals surface area contributed by atoms with Crippen molar-refractivity contribution in [2.24, 2.45) is 7.05 Å². The fourth-order valence-corrected chi connectivity index (χ4v) is 1.80. The molecule has 4 heteroatoms. The lowest BCUT2D eigenvalue weighted by atomic mass is 10.2. The van der Waals surface area contributed by atoms with Crippen LogP contribution in [0.4, 0.5) is 0 Å². The molecule has 0 spiro atoms. The first-order chi connectivity index (χ1) is 8.31. The van der Waals surface area contributed by atoms with E-state index < -0.39 is 0 Å². The van der Waals surface area contributed by atoms with Crippen LogP contribution < -0.4 is 5.32 Å². The standard InChI is InChI=1S/C13H17N3O/c1-16-10-14-8-13(16)12(9-17)15-7-11-5-3-2-4-6-11/h2-6,8,10,12,15,17H,7,9H2,1H3. The number of imidazole rings is 1. The summed E-state index contributed by atoms with van der Waals surface area (Å²) in [6.45, 7) is 0.795. The quantitative estimate of drug-likeness (QED) is 0.814. The van der Waals surface area contributed by atoms with E-state index in [1.54, 1.807) is 12.5 Å². The van der Waals surface area contributed by atoms with Crippen molar-refractivity contribution >= 4 is 0 Å². The van der Waals surface area contributed by atoms with Crippen molar-refractivity contribution in [3.8, 4) is 0 Å². The first-order valence-corrected chi connectivity index (χ1v) is 5.65. The third-order valence-electron chi connectivity index (χ3n) is 2.79. The molecule has 2 rings (SSSR count). The van der Waals surface area contributed by atoms with E-state index in [9.17, 15) is 5.11 Å². The third-order valence-corrected chi connectivity index (χ3v) is 2.79. The predicted molar refractivity (Wildman–Crippen MR) is 66.3 cm³/mol. The fraction of sp³-hybridized carbons (Fsp3) is 0.308. The van der Waals surface area contributed by atoms with Gasteiger partial charge in [-0.05, 0) is 5.56 Å². The van der Waals surface area contributed by atoms with Crippen LogP contribution in [0.1, 0.15) is 17.3 Å². The SMILES string of the molecule is Cn1cncc1C(CO)NCc1ccccc1. The van der Waals surface area contributed by atoms with Gasteiger partial charge in [-0.25, -0.2) is 4.98 Å². The Morgan fingerprint density at radius 3 is 2.71 bits per heavy atom. The number of nitrogens with one attached hydrogen (secondary N) is 1. The zero-order chi connectivity index (χ0) is 12.1. The molecule has 1 atom stereocenters. The Bertz CT molecular complexity index is 453. The average molecular weight is 231 g/mol. The summed E-state index contributed by atoms with van der Waals surface area (Å²) >= 11 is 0. The van der Waals surface area contributed by atoms with E-state index >= 15 is 0 Å². The molecule has 0 saturated carbocycles. The number of aliphatic hydroxyl groups is 1. The van der Waals surface area contributed by atoms with E-state index in [1.807, 2.05) is 29.8 Å². The van der Waals surface area contributed by atoms with Crippen molar-refractivity contribution in [2.45, 2.75) is 12.6 Å². The molecule has 17 heavy (non-hydrogen) atoms. The number of aliphatic hydroxyl groups excluding tert-OH is 1. The zero-order valence-electron chi connectivity index (χ0n) is 9.87. The van der Waals surface area contributed by atoms with Crippen LogP contribution in [0.15, 0.2) is 42.9 Å². The second-order valence-electron chi connectivity index (χ2n) is 4.03. The molecular weight excluding hydrogens is 214 g/mol. The first kappa shape index (κ1) is 11.8. The minimum atomic E-state index is -0.0808. The highest BCUT2D eigenvalue weighted by Crippen LogP contribution is 2.11. The average Bonchev–Trinajstić information content (AvgIpc) is 2.78. The van der Waals surface area contributed by atoms with Crippen LogP contribution >= 0.6 is 0 Å². The van der Waals surface area contributed by atoms with Crippen molar-refractivity contribution in [1.29, 1.82) is 0 Å². The maximum atomic E-state index is 9.40. The fourth-order valence-electron chi connectivity index (χ4n) is 1.80. The largest absolute Gasteiger partial charge is 0.394 e. The molecule has 1 aromatic carbocycles. The van der Waals surface area contributed by atoms with Gasteiger partial charge in [0.25, 0.3) is 0 Å². The van der Waals surface area contributed by atoms with Crippen molar-refractivity contribution < 1.29 is 5.11 Å². The number of aryl methyl sites for hydroxylation is 1. The van der Waals surface area contributed by atoms with Crippen molar-refractivity contribution in [3.05, 3.63) is 54.1 Å². The number of nitrogens with zero attached hydrogens (tertiary/aromatic N) is 2. The summed E-state index contributed by atoms with van der Waals surface area (Å²) in [5.41, 5.74) is 2.19. The van der Waals surface area contributed by atoms with Gasteiger partial charge in [-0.1, -0.05) is 30.3 Å². The van der Waals surface area contributed by atoms with Gasteiger partial charge in [0.15, 0.2) is 0 Å². The predicted octanol–water partition coefficient (Wildman–Crippen LogP) is 1.24. The Balaban J connectivity index is 2.00. The molecule has 1 unspecified atom stereocenters. The van der Waals surface area contributed by atoms with Crippen LogP contribution in [-0.4, -0.2) is 21.3 Å². The van der Waals surface area contributed by atoms with E-state index in [4.69, 9.17) is 0 Å². The van der Waals surface area contributed by atoms with Gasteiger partial charge in [0, 0.05) is 19.8 Å². The lowest BCUT2D eigenvalue weighted by molar-refractivity contribution is 0.239. The Morgan fingerprint density at radius 1 is 1.35 bits per heavy atom. The molecule has 0 radical (unpaired) electrons. The number of aromatic nitrogens is 2. The molecule has 2 aromatic rings. The highest BCUT2D eigenvalue weighted by atomic mass is 16.3. The maximum Gasteiger partial charge on any atom is 0.0946 e. The lowest BCUT2D eigenvalue weighted by Gasteiger charge is -2.16. The van der Waals surface area contributed by atoms with E-state index in [0.29, 0.717) is 0 Å². The highest BCUT2D eigenvalue weighted by Gasteiger charge is 2.12. The monoisotopic (exact) mass is 231 g/mol. The van der Waals surface area contributed by atoms with E-state index in [0.717, 1.165) is 12.2 Å². The second kappa shape index (κ2) is 5.61. The Labute approximate surface area is 101 Å². The summed E-state index contributed by atoms with van der Waals surface area (Å²) in [5, 5.41) is 12.7. The van der Waals surface area contributed by atoms with Gasteiger partial charge < -0.3 is 15.0 Å². The van der Waals surface area contributed by atoms with Gasteiger partial charge in [0.1, 0.15) is 0 Å². The van der Waals surface area contributed by atoms with Gasteiger partial charge in [-0.15, -0.1) is 0 Å². The molecule has 0 saturated heterocycles. The van der Waals surface area contributed by atoms with Crippen molar-refractivity contribution in [1.82, 2.24) is 14.9 Å².